The molecule has 0 amide bonds. The fourth-order valence-corrected chi connectivity index (χ4v) is 4.76. The lowest BCUT2D eigenvalue weighted by Crippen LogP contribution is -2.23. The SMILES string of the molecule is FC(F)(F)c1cccc(CN(Cc2cccc(C(F)(F)F)c2)c2nnc(-c3cccc(-c4cccs4)c3)o2)c1. The van der Waals surface area contributed by atoms with Crippen LogP contribution in [0.3, 0.4) is 0 Å². The molecular formula is C28H19F6N3OS. The summed E-state index contributed by atoms with van der Waals surface area (Å²) >= 11 is 1.56. The molecule has 0 aliphatic rings. The van der Waals surface area contributed by atoms with Gasteiger partial charge >= 0.3 is 18.4 Å². The topological polar surface area (TPSA) is 42.2 Å². The zero-order chi connectivity index (χ0) is 27.6. The van der Waals surface area contributed by atoms with E-state index < -0.39 is 23.5 Å². The monoisotopic (exact) mass is 559 g/mol. The Balaban J connectivity index is 1.49. The molecule has 0 N–H and O–H groups in total. The molecule has 5 rings (SSSR count). The molecule has 0 fully saturated rings. The summed E-state index contributed by atoms with van der Waals surface area (Å²) in [6, 6.07) is 20.7. The highest BCUT2D eigenvalue weighted by atomic mass is 32.1. The number of thiophene rings is 1. The van der Waals surface area contributed by atoms with E-state index in [0.717, 1.165) is 34.7 Å². The summed E-state index contributed by atoms with van der Waals surface area (Å²) in [4.78, 5) is 2.48. The molecule has 0 radical (unpaired) electrons. The highest BCUT2D eigenvalue weighted by Crippen LogP contribution is 2.33. The van der Waals surface area contributed by atoms with Crippen molar-refractivity contribution in [3.8, 4) is 21.9 Å². The van der Waals surface area contributed by atoms with Gasteiger partial charge in [-0.25, -0.2) is 0 Å². The predicted octanol–water partition coefficient (Wildman–Crippen LogP) is 8.71. The number of anilines is 1. The minimum atomic E-state index is -4.55. The fourth-order valence-electron chi connectivity index (χ4n) is 4.03. The van der Waals surface area contributed by atoms with Gasteiger partial charge < -0.3 is 9.32 Å². The highest BCUT2D eigenvalue weighted by Gasteiger charge is 2.32. The normalized spacial score (nSPS) is 12.1. The van der Waals surface area contributed by atoms with Crippen molar-refractivity contribution in [3.63, 3.8) is 0 Å². The van der Waals surface area contributed by atoms with E-state index in [-0.39, 0.29) is 36.1 Å². The van der Waals surface area contributed by atoms with Gasteiger partial charge in [-0.3, -0.25) is 0 Å². The number of halogens is 6. The standard InChI is InChI=1S/C28H19F6N3OS/c29-27(30,31)22-9-1-5-18(13-22)16-37(17-19-6-2-10-23(14-19)28(32,33)34)26-36-35-25(38-26)21-8-3-7-20(15-21)24-11-4-12-39-24/h1-15H,16-17H2. The van der Waals surface area contributed by atoms with Crippen LogP contribution in [-0.4, -0.2) is 10.2 Å². The molecule has 4 nitrogen and oxygen atoms in total. The van der Waals surface area contributed by atoms with Crippen molar-refractivity contribution in [2.45, 2.75) is 25.4 Å². The first-order valence-electron chi connectivity index (χ1n) is 11.6. The van der Waals surface area contributed by atoms with Crippen LogP contribution in [0.15, 0.2) is 94.7 Å². The van der Waals surface area contributed by atoms with Crippen LogP contribution in [0.1, 0.15) is 22.3 Å². The van der Waals surface area contributed by atoms with Crippen LogP contribution in [0.2, 0.25) is 0 Å². The summed E-state index contributed by atoms with van der Waals surface area (Å²) in [7, 11) is 0. The van der Waals surface area contributed by atoms with Gasteiger partial charge in [0, 0.05) is 23.5 Å². The second-order valence-corrected chi connectivity index (χ2v) is 9.65. The summed E-state index contributed by atoms with van der Waals surface area (Å²) in [6.07, 6.45) is -9.10. The third-order valence-electron chi connectivity index (χ3n) is 5.86. The molecule has 11 heteroatoms. The molecule has 0 aliphatic heterocycles. The van der Waals surface area contributed by atoms with E-state index in [9.17, 15) is 26.3 Å². The predicted molar refractivity (Wildman–Crippen MR) is 136 cm³/mol. The number of nitrogens with zero attached hydrogens (tertiary/aromatic N) is 3. The van der Waals surface area contributed by atoms with Crippen molar-refractivity contribution >= 4 is 17.4 Å². The molecular weight excluding hydrogens is 540 g/mol. The molecule has 0 atom stereocenters. The number of rotatable bonds is 7. The molecule has 0 unspecified atom stereocenters. The van der Waals surface area contributed by atoms with E-state index in [0.29, 0.717) is 5.56 Å². The fraction of sp³-hybridized carbons (Fsp3) is 0.143. The lowest BCUT2D eigenvalue weighted by atomic mass is 10.1. The number of hydrogen-bond acceptors (Lipinski definition) is 5. The number of hydrogen-bond donors (Lipinski definition) is 0. The summed E-state index contributed by atoms with van der Waals surface area (Å²) in [5.74, 6) is 0.168. The summed E-state index contributed by atoms with van der Waals surface area (Å²) < 4.78 is 85.7. The second kappa shape index (κ2) is 10.6. The number of alkyl halides is 6. The molecule has 3 aromatic carbocycles. The highest BCUT2D eigenvalue weighted by molar-refractivity contribution is 7.13. The zero-order valence-corrected chi connectivity index (χ0v) is 20.8. The van der Waals surface area contributed by atoms with E-state index >= 15 is 0 Å². The molecule has 0 saturated heterocycles. The van der Waals surface area contributed by atoms with Crippen LogP contribution < -0.4 is 4.90 Å². The van der Waals surface area contributed by atoms with E-state index in [1.165, 1.54) is 29.2 Å². The Bertz CT molecular complexity index is 1500. The van der Waals surface area contributed by atoms with Crippen LogP contribution in [-0.2, 0) is 25.4 Å². The van der Waals surface area contributed by atoms with Crippen LogP contribution in [0.25, 0.3) is 21.9 Å². The maximum absolute atomic E-state index is 13.3. The third kappa shape index (κ3) is 6.31. The van der Waals surface area contributed by atoms with Crippen molar-refractivity contribution in [1.29, 1.82) is 0 Å². The Morgan fingerprint density at radius 1 is 0.667 bits per heavy atom. The molecule has 0 aliphatic carbocycles. The molecule has 0 spiro atoms. The maximum Gasteiger partial charge on any atom is 0.416 e. The minimum absolute atomic E-state index is 0.0404. The summed E-state index contributed by atoms with van der Waals surface area (Å²) in [5, 5.41) is 10.1. The first kappa shape index (κ1) is 26.5. The Morgan fingerprint density at radius 2 is 1.26 bits per heavy atom. The first-order chi connectivity index (χ1) is 18.6. The van der Waals surface area contributed by atoms with Gasteiger partial charge in [-0.15, -0.1) is 16.4 Å². The molecule has 5 aromatic rings. The smallest absolute Gasteiger partial charge is 0.403 e. The summed E-state index contributed by atoms with van der Waals surface area (Å²) in [5.41, 5.74) is 0.434. The lowest BCUT2D eigenvalue weighted by Gasteiger charge is -2.21. The van der Waals surface area contributed by atoms with Crippen molar-refractivity contribution in [1.82, 2.24) is 10.2 Å². The minimum Gasteiger partial charge on any atom is -0.403 e. The van der Waals surface area contributed by atoms with Crippen molar-refractivity contribution < 1.29 is 30.8 Å². The molecule has 0 bridgehead atoms. The van der Waals surface area contributed by atoms with Crippen molar-refractivity contribution in [2.24, 2.45) is 0 Å². The zero-order valence-electron chi connectivity index (χ0n) is 20.0. The maximum atomic E-state index is 13.3. The number of benzene rings is 3. The van der Waals surface area contributed by atoms with Gasteiger partial charge in [-0.1, -0.05) is 47.6 Å². The van der Waals surface area contributed by atoms with E-state index in [2.05, 4.69) is 10.2 Å². The van der Waals surface area contributed by atoms with E-state index in [1.54, 1.807) is 17.4 Å². The molecule has 0 saturated carbocycles. The van der Waals surface area contributed by atoms with Gasteiger partial charge in [0.1, 0.15) is 0 Å². The van der Waals surface area contributed by atoms with Crippen LogP contribution in [0, 0.1) is 0 Å². The van der Waals surface area contributed by atoms with Gasteiger partial charge in [0.05, 0.1) is 11.1 Å². The number of aromatic nitrogens is 2. The largest absolute Gasteiger partial charge is 0.416 e. The van der Waals surface area contributed by atoms with Gasteiger partial charge in [-0.2, -0.15) is 26.3 Å². The molecule has 2 aromatic heterocycles. The molecule has 200 valence electrons. The van der Waals surface area contributed by atoms with Gasteiger partial charge in [0.15, 0.2) is 0 Å². The molecule has 2 heterocycles. The van der Waals surface area contributed by atoms with E-state index in [4.69, 9.17) is 4.42 Å². The molecule has 39 heavy (non-hydrogen) atoms. The average molecular weight is 560 g/mol. The third-order valence-corrected chi connectivity index (χ3v) is 6.77. The quantitative estimate of drug-likeness (QED) is 0.187. The Labute approximate surface area is 223 Å². The Morgan fingerprint density at radius 3 is 1.82 bits per heavy atom. The average Bonchev–Trinajstić information content (AvgIpc) is 3.61. The van der Waals surface area contributed by atoms with Crippen LogP contribution in [0.4, 0.5) is 32.4 Å². The van der Waals surface area contributed by atoms with E-state index in [1.807, 2.05) is 35.7 Å². The van der Waals surface area contributed by atoms with Crippen molar-refractivity contribution in [3.05, 3.63) is 113 Å². The van der Waals surface area contributed by atoms with Crippen LogP contribution >= 0.6 is 11.3 Å². The van der Waals surface area contributed by atoms with Gasteiger partial charge in [0.2, 0.25) is 5.89 Å². The van der Waals surface area contributed by atoms with Gasteiger partial charge in [-0.05, 0) is 64.5 Å². The second-order valence-electron chi connectivity index (χ2n) is 8.70. The first-order valence-corrected chi connectivity index (χ1v) is 12.5. The van der Waals surface area contributed by atoms with Gasteiger partial charge in [0.25, 0.3) is 0 Å². The van der Waals surface area contributed by atoms with Crippen molar-refractivity contribution in [2.75, 3.05) is 4.90 Å². The Kier molecular flexibility index (Phi) is 7.17. The Hall–Kier alpha value is -4.12. The lowest BCUT2D eigenvalue weighted by molar-refractivity contribution is -0.138. The summed E-state index contributed by atoms with van der Waals surface area (Å²) in [6.45, 7) is -0.228. The van der Waals surface area contributed by atoms with Crippen LogP contribution in [0.5, 0.6) is 0 Å².